The van der Waals surface area contributed by atoms with Crippen LogP contribution in [0.25, 0.3) is 0 Å². The Bertz CT molecular complexity index is 672. The minimum Gasteiger partial charge on any atom is -0.369 e. The normalized spacial score (nSPS) is 16.0. The van der Waals surface area contributed by atoms with E-state index >= 15 is 0 Å². The molecule has 4 heteroatoms. The van der Waals surface area contributed by atoms with Gasteiger partial charge in [0.05, 0.1) is 0 Å². The highest BCUT2D eigenvalue weighted by Crippen LogP contribution is 2.20. The molecule has 0 bridgehead atoms. The molecule has 0 amide bonds. The van der Waals surface area contributed by atoms with E-state index in [1.54, 1.807) is 16.7 Å². The van der Waals surface area contributed by atoms with Gasteiger partial charge in [-0.3, -0.25) is 9.69 Å². The fraction of sp³-hybridized carbons (Fsp3) is 0.389. The van der Waals surface area contributed by atoms with Gasteiger partial charge in [-0.05, 0) is 24.6 Å². The van der Waals surface area contributed by atoms with Crippen LogP contribution < -0.4 is 10.5 Å². The zero-order valence-corrected chi connectivity index (χ0v) is 13.1. The average molecular weight is 297 g/mol. The fourth-order valence-corrected chi connectivity index (χ4v) is 3.03. The predicted molar refractivity (Wildman–Crippen MR) is 90.5 cm³/mol. The van der Waals surface area contributed by atoms with Crippen molar-refractivity contribution in [1.82, 2.24) is 9.47 Å². The highest BCUT2D eigenvalue weighted by Gasteiger charge is 2.17. The summed E-state index contributed by atoms with van der Waals surface area (Å²) in [4.78, 5) is 16.6. The SMILES string of the molecule is Cc1ccccc1N1CCN(CCn2ccccc2=O)CC1. The zero-order chi connectivity index (χ0) is 15.4. The second-order valence-corrected chi connectivity index (χ2v) is 5.85. The largest absolute Gasteiger partial charge is 0.369 e. The van der Waals surface area contributed by atoms with Crippen LogP contribution in [0.15, 0.2) is 53.5 Å². The first-order chi connectivity index (χ1) is 10.7. The van der Waals surface area contributed by atoms with Gasteiger partial charge < -0.3 is 9.47 Å². The highest BCUT2D eigenvalue weighted by molar-refractivity contribution is 5.53. The van der Waals surface area contributed by atoms with Gasteiger partial charge in [0.1, 0.15) is 0 Å². The number of piperazine rings is 1. The van der Waals surface area contributed by atoms with Crippen LogP contribution in [0.2, 0.25) is 0 Å². The minimum atomic E-state index is 0.0843. The summed E-state index contributed by atoms with van der Waals surface area (Å²) in [5.41, 5.74) is 2.77. The van der Waals surface area contributed by atoms with Gasteiger partial charge in [-0.15, -0.1) is 0 Å². The van der Waals surface area contributed by atoms with Crippen LogP contribution in [-0.2, 0) is 6.54 Å². The summed E-state index contributed by atoms with van der Waals surface area (Å²) in [7, 11) is 0. The van der Waals surface area contributed by atoms with Crippen LogP contribution in [0.4, 0.5) is 5.69 Å². The molecule has 1 aliphatic rings. The van der Waals surface area contributed by atoms with Gasteiger partial charge >= 0.3 is 0 Å². The third-order valence-corrected chi connectivity index (χ3v) is 4.38. The number of para-hydroxylation sites is 1. The van der Waals surface area contributed by atoms with Gasteiger partial charge in [-0.2, -0.15) is 0 Å². The maximum absolute atomic E-state index is 11.7. The third-order valence-electron chi connectivity index (χ3n) is 4.38. The molecule has 0 radical (unpaired) electrons. The van der Waals surface area contributed by atoms with Crippen molar-refractivity contribution in [3.63, 3.8) is 0 Å². The van der Waals surface area contributed by atoms with Crippen molar-refractivity contribution < 1.29 is 0 Å². The second kappa shape index (κ2) is 6.79. The Morgan fingerprint density at radius 1 is 0.909 bits per heavy atom. The van der Waals surface area contributed by atoms with Crippen molar-refractivity contribution >= 4 is 5.69 Å². The first-order valence-electron chi connectivity index (χ1n) is 7.92. The predicted octanol–water partition coefficient (Wildman–Crippen LogP) is 1.98. The van der Waals surface area contributed by atoms with Gasteiger partial charge in [0, 0.05) is 57.2 Å². The number of nitrogens with zero attached hydrogens (tertiary/aromatic N) is 3. The average Bonchev–Trinajstić information content (AvgIpc) is 2.55. The van der Waals surface area contributed by atoms with Gasteiger partial charge in [0.25, 0.3) is 5.56 Å². The molecule has 1 fully saturated rings. The lowest BCUT2D eigenvalue weighted by molar-refractivity contribution is 0.247. The molecule has 0 saturated carbocycles. The Morgan fingerprint density at radius 3 is 2.36 bits per heavy atom. The Hall–Kier alpha value is -2.07. The molecule has 1 aromatic heterocycles. The molecule has 0 aliphatic carbocycles. The first kappa shape index (κ1) is 14.9. The molecule has 22 heavy (non-hydrogen) atoms. The van der Waals surface area contributed by atoms with Gasteiger partial charge in [-0.1, -0.05) is 24.3 Å². The van der Waals surface area contributed by atoms with Crippen LogP contribution in [0, 0.1) is 6.92 Å². The summed E-state index contributed by atoms with van der Waals surface area (Å²) < 4.78 is 1.79. The van der Waals surface area contributed by atoms with Crippen molar-refractivity contribution in [1.29, 1.82) is 0 Å². The molecule has 1 saturated heterocycles. The Labute approximate surface area is 131 Å². The second-order valence-electron chi connectivity index (χ2n) is 5.85. The van der Waals surface area contributed by atoms with E-state index in [1.165, 1.54) is 11.3 Å². The maximum atomic E-state index is 11.7. The summed E-state index contributed by atoms with van der Waals surface area (Å²) in [6.07, 6.45) is 1.87. The summed E-state index contributed by atoms with van der Waals surface area (Å²) >= 11 is 0. The van der Waals surface area contributed by atoms with Crippen molar-refractivity contribution in [2.75, 3.05) is 37.6 Å². The van der Waals surface area contributed by atoms with E-state index in [-0.39, 0.29) is 5.56 Å². The van der Waals surface area contributed by atoms with E-state index in [1.807, 2.05) is 12.3 Å². The Morgan fingerprint density at radius 2 is 1.64 bits per heavy atom. The molecule has 116 valence electrons. The number of aryl methyl sites for hydroxylation is 1. The number of pyridine rings is 1. The number of benzene rings is 1. The van der Waals surface area contributed by atoms with Gasteiger partial charge in [0.15, 0.2) is 0 Å². The Kier molecular flexibility index (Phi) is 4.59. The number of rotatable bonds is 4. The lowest BCUT2D eigenvalue weighted by atomic mass is 10.1. The molecular formula is C18H23N3O. The fourth-order valence-electron chi connectivity index (χ4n) is 3.03. The standard InChI is InChI=1S/C18H23N3O/c1-16-6-2-3-7-17(16)20-13-10-19(11-14-20)12-15-21-9-5-4-8-18(21)22/h2-9H,10-15H2,1H3. The summed E-state index contributed by atoms with van der Waals surface area (Å²) in [6, 6.07) is 13.9. The molecule has 2 heterocycles. The molecule has 2 aromatic rings. The van der Waals surface area contributed by atoms with Crippen LogP contribution in [-0.4, -0.2) is 42.2 Å². The topological polar surface area (TPSA) is 28.5 Å². The van der Waals surface area contributed by atoms with E-state index in [2.05, 4.69) is 41.0 Å². The summed E-state index contributed by atoms with van der Waals surface area (Å²) in [5, 5.41) is 0. The highest BCUT2D eigenvalue weighted by atomic mass is 16.1. The van der Waals surface area contributed by atoms with E-state index in [0.717, 1.165) is 39.3 Å². The third kappa shape index (κ3) is 3.39. The van der Waals surface area contributed by atoms with E-state index < -0.39 is 0 Å². The lowest BCUT2D eigenvalue weighted by Gasteiger charge is -2.36. The van der Waals surface area contributed by atoms with E-state index in [4.69, 9.17) is 0 Å². The van der Waals surface area contributed by atoms with Gasteiger partial charge in [0.2, 0.25) is 0 Å². The van der Waals surface area contributed by atoms with Crippen LogP contribution in [0.5, 0.6) is 0 Å². The maximum Gasteiger partial charge on any atom is 0.250 e. The molecule has 0 unspecified atom stereocenters. The lowest BCUT2D eigenvalue weighted by Crippen LogP contribution is -2.47. The summed E-state index contributed by atoms with van der Waals surface area (Å²) in [5.74, 6) is 0. The number of hydrogen-bond donors (Lipinski definition) is 0. The van der Waals surface area contributed by atoms with Crippen molar-refractivity contribution in [3.8, 4) is 0 Å². The molecule has 0 atom stereocenters. The molecule has 4 nitrogen and oxygen atoms in total. The van der Waals surface area contributed by atoms with Crippen molar-refractivity contribution in [2.24, 2.45) is 0 Å². The molecule has 0 spiro atoms. The monoisotopic (exact) mass is 297 g/mol. The van der Waals surface area contributed by atoms with E-state index in [0.29, 0.717) is 0 Å². The molecule has 1 aliphatic heterocycles. The molecule has 3 rings (SSSR count). The quantitative estimate of drug-likeness (QED) is 0.864. The minimum absolute atomic E-state index is 0.0843. The summed E-state index contributed by atoms with van der Waals surface area (Å²) in [6.45, 7) is 8.08. The number of anilines is 1. The number of hydrogen-bond acceptors (Lipinski definition) is 3. The first-order valence-corrected chi connectivity index (χ1v) is 7.92. The Balaban J connectivity index is 1.53. The van der Waals surface area contributed by atoms with E-state index in [9.17, 15) is 4.79 Å². The smallest absolute Gasteiger partial charge is 0.250 e. The zero-order valence-electron chi connectivity index (χ0n) is 13.1. The van der Waals surface area contributed by atoms with Gasteiger partial charge in [-0.25, -0.2) is 0 Å². The van der Waals surface area contributed by atoms with Crippen LogP contribution in [0.3, 0.4) is 0 Å². The van der Waals surface area contributed by atoms with Crippen molar-refractivity contribution in [3.05, 3.63) is 64.6 Å². The van der Waals surface area contributed by atoms with Crippen molar-refractivity contribution in [2.45, 2.75) is 13.5 Å². The van der Waals surface area contributed by atoms with Crippen LogP contribution >= 0.6 is 0 Å². The molecule has 0 N–H and O–H groups in total. The molecular weight excluding hydrogens is 274 g/mol. The molecule has 1 aromatic carbocycles. The van der Waals surface area contributed by atoms with Crippen LogP contribution in [0.1, 0.15) is 5.56 Å². The number of aromatic nitrogens is 1.